The first-order chi connectivity index (χ1) is 9.63. The highest BCUT2D eigenvalue weighted by Gasteiger charge is 2.21. The number of esters is 1. The van der Waals surface area contributed by atoms with Crippen LogP contribution in [0, 0.1) is 11.8 Å². The smallest absolute Gasteiger partial charge is 0.340 e. The normalized spacial score (nSPS) is 22.3. The quantitative estimate of drug-likeness (QED) is 0.654. The van der Waals surface area contributed by atoms with Gasteiger partial charge in [0.2, 0.25) is 0 Å². The number of nitrogens with one attached hydrogen (secondary N) is 1. The van der Waals surface area contributed by atoms with Gasteiger partial charge in [-0.3, -0.25) is 0 Å². The molecule has 3 N–H and O–H groups in total. The molecular weight excluding hydrogens is 252 g/mol. The van der Waals surface area contributed by atoms with Crippen LogP contribution in [-0.2, 0) is 4.74 Å². The number of anilines is 2. The fraction of sp³-hybridized carbons (Fsp3) is 0.562. The molecule has 1 fully saturated rings. The highest BCUT2D eigenvalue weighted by Crippen LogP contribution is 2.31. The fourth-order valence-corrected chi connectivity index (χ4v) is 2.94. The van der Waals surface area contributed by atoms with Crippen LogP contribution in [0.15, 0.2) is 18.2 Å². The molecule has 20 heavy (non-hydrogen) atoms. The Bertz CT molecular complexity index is 474. The van der Waals surface area contributed by atoms with Gasteiger partial charge in [0.25, 0.3) is 0 Å². The molecule has 0 bridgehead atoms. The SMILES string of the molecule is COC(=O)c1cccc(NCC2CCCCC2C)c1N. The maximum Gasteiger partial charge on any atom is 0.340 e. The molecule has 4 heteroatoms. The summed E-state index contributed by atoms with van der Waals surface area (Å²) in [6.07, 6.45) is 5.24. The second-order valence-electron chi connectivity index (χ2n) is 5.66. The third-order valence-corrected chi connectivity index (χ3v) is 4.36. The third-order valence-electron chi connectivity index (χ3n) is 4.36. The van der Waals surface area contributed by atoms with E-state index in [1.807, 2.05) is 12.1 Å². The van der Waals surface area contributed by atoms with Crippen LogP contribution in [0.2, 0.25) is 0 Å². The summed E-state index contributed by atoms with van der Waals surface area (Å²) < 4.78 is 4.74. The number of nitrogens with two attached hydrogens (primary N) is 1. The number of nitrogen functional groups attached to an aromatic ring is 1. The number of rotatable bonds is 4. The molecule has 0 spiro atoms. The number of para-hydroxylation sites is 1. The van der Waals surface area contributed by atoms with Gasteiger partial charge < -0.3 is 15.8 Å². The largest absolute Gasteiger partial charge is 0.465 e. The summed E-state index contributed by atoms with van der Waals surface area (Å²) >= 11 is 0. The number of benzene rings is 1. The molecule has 1 aromatic carbocycles. The predicted molar refractivity (Wildman–Crippen MR) is 81.8 cm³/mol. The summed E-state index contributed by atoms with van der Waals surface area (Å²) in [5.74, 6) is 1.04. The Morgan fingerprint density at radius 2 is 2.15 bits per heavy atom. The van der Waals surface area contributed by atoms with Crippen molar-refractivity contribution in [2.75, 3.05) is 24.7 Å². The Balaban J connectivity index is 2.04. The molecule has 0 radical (unpaired) electrons. The minimum atomic E-state index is -0.391. The lowest BCUT2D eigenvalue weighted by atomic mass is 9.80. The van der Waals surface area contributed by atoms with Crippen LogP contribution in [0.5, 0.6) is 0 Å². The van der Waals surface area contributed by atoms with Crippen LogP contribution in [-0.4, -0.2) is 19.6 Å². The molecule has 2 rings (SSSR count). The van der Waals surface area contributed by atoms with Crippen molar-refractivity contribution >= 4 is 17.3 Å². The molecule has 0 aliphatic heterocycles. The van der Waals surface area contributed by atoms with Crippen LogP contribution >= 0.6 is 0 Å². The number of methoxy groups -OCH3 is 1. The van der Waals surface area contributed by atoms with Gasteiger partial charge in [0.1, 0.15) is 0 Å². The molecule has 0 aromatic heterocycles. The Hall–Kier alpha value is -1.71. The zero-order chi connectivity index (χ0) is 14.5. The van der Waals surface area contributed by atoms with E-state index < -0.39 is 5.97 Å². The highest BCUT2D eigenvalue weighted by molar-refractivity contribution is 5.98. The standard InChI is InChI=1S/C16H24N2O2/c1-11-6-3-4-7-12(11)10-18-14-9-5-8-13(15(14)17)16(19)20-2/h5,8-9,11-12,18H,3-4,6-7,10,17H2,1-2H3. The average Bonchev–Trinajstić information content (AvgIpc) is 2.47. The predicted octanol–water partition coefficient (Wildman–Crippen LogP) is 3.29. The first-order valence-corrected chi connectivity index (χ1v) is 7.34. The summed E-state index contributed by atoms with van der Waals surface area (Å²) in [6, 6.07) is 5.43. The van der Waals surface area contributed by atoms with Gasteiger partial charge in [-0.2, -0.15) is 0 Å². The van der Waals surface area contributed by atoms with Crippen LogP contribution in [0.25, 0.3) is 0 Å². The van der Waals surface area contributed by atoms with Gasteiger partial charge >= 0.3 is 5.97 Å². The van der Waals surface area contributed by atoms with E-state index >= 15 is 0 Å². The van der Waals surface area contributed by atoms with Crippen molar-refractivity contribution in [2.45, 2.75) is 32.6 Å². The van der Waals surface area contributed by atoms with Gasteiger partial charge in [0.15, 0.2) is 0 Å². The molecule has 2 unspecified atom stereocenters. The van der Waals surface area contributed by atoms with Crippen molar-refractivity contribution in [1.29, 1.82) is 0 Å². The summed E-state index contributed by atoms with van der Waals surface area (Å²) in [7, 11) is 1.37. The van der Waals surface area contributed by atoms with Crippen LogP contribution in [0.1, 0.15) is 43.0 Å². The van der Waals surface area contributed by atoms with Crippen molar-refractivity contribution in [3.05, 3.63) is 23.8 Å². The molecule has 1 aliphatic carbocycles. The first kappa shape index (κ1) is 14.7. The molecule has 4 nitrogen and oxygen atoms in total. The molecule has 0 heterocycles. The van der Waals surface area contributed by atoms with E-state index in [0.717, 1.165) is 18.2 Å². The van der Waals surface area contributed by atoms with Crippen LogP contribution in [0.4, 0.5) is 11.4 Å². The van der Waals surface area contributed by atoms with Gasteiger partial charge in [0, 0.05) is 6.54 Å². The molecule has 1 saturated carbocycles. The molecule has 0 saturated heterocycles. The molecule has 1 aliphatic rings. The number of carbonyl (C=O) groups excluding carboxylic acids is 1. The maximum atomic E-state index is 11.6. The lowest BCUT2D eigenvalue weighted by Crippen LogP contribution is -2.24. The molecular formula is C16H24N2O2. The molecule has 0 amide bonds. The van der Waals surface area contributed by atoms with Crippen molar-refractivity contribution in [1.82, 2.24) is 0 Å². The van der Waals surface area contributed by atoms with Crippen molar-refractivity contribution in [3.8, 4) is 0 Å². The number of ether oxygens (including phenoxy) is 1. The lowest BCUT2D eigenvalue weighted by molar-refractivity contribution is 0.0602. The third kappa shape index (κ3) is 3.24. The molecule has 1 aromatic rings. The summed E-state index contributed by atoms with van der Waals surface area (Å²) in [5, 5.41) is 3.40. The maximum absolute atomic E-state index is 11.6. The average molecular weight is 276 g/mol. The van der Waals surface area contributed by atoms with Crippen LogP contribution in [0.3, 0.4) is 0 Å². The zero-order valence-corrected chi connectivity index (χ0v) is 12.3. The van der Waals surface area contributed by atoms with Gasteiger partial charge in [-0.05, 0) is 30.4 Å². The minimum absolute atomic E-state index is 0.391. The summed E-state index contributed by atoms with van der Waals surface area (Å²) in [6.45, 7) is 3.23. The summed E-state index contributed by atoms with van der Waals surface area (Å²) in [5.41, 5.74) is 7.77. The number of hydrogen-bond donors (Lipinski definition) is 2. The zero-order valence-electron chi connectivity index (χ0n) is 12.3. The number of carbonyl (C=O) groups is 1. The summed E-state index contributed by atoms with van der Waals surface area (Å²) in [4.78, 5) is 11.6. The molecule has 2 atom stereocenters. The fourth-order valence-electron chi connectivity index (χ4n) is 2.94. The van der Waals surface area contributed by atoms with Gasteiger partial charge in [-0.1, -0.05) is 32.3 Å². The second kappa shape index (κ2) is 6.64. The van der Waals surface area contributed by atoms with E-state index in [1.165, 1.54) is 32.8 Å². The van der Waals surface area contributed by atoms with Crippen molar-refractivity contribution in [2.24, 2.45) is 11.8 Å². The Morgan fingerprint density at radius 1 is 1.40 bits per heavy atom. The highest BCUT2D eigenvalue weighted by atomic mass is 16.5. The van der Waals surface area contributed by atoms with E-state index in [4.69, 9.17) is 10.5 Å². The van der Waals surface area contributed by atoms with Gasteiger partial charge in [-0.25, -0.2) is 4.79 Å². The molecule has 110 valence electrons. The van der Waals surface area contributed by atoms with E-state index in [0.29, 0.717) is 17.2 Å². The van der Waals surface area contributed by atoms with E-state index in [9.17, 15) is 4.79 Å². The lowest BCUT2D eigenvalue weighted by Gasteiger charge is -2.29. The van der Waals surface area contributed by atoms with Gasteiger partial charge in [0.05, 0.1) is 24.0 Å². The monoisotopic (exact) mass is 276 g/mol. The topological polar surface area (TPSA) is 64.3 Å². The van der Waals surface area contributed by atoms with Crippen molar-refractivity contribution in [3.63, 3.8) is 0 Å². The van der Waals surface area contributed by atoms with E-state index in [1.54, 1.807) is 6.07 Å². The Labute approximate surface area is 120 Å². The van der Waals surface area contributed by atoms with E-state index in [2.05, 4.69) is 12.2 Å². The van der Waals surface area contributed by atoms with E-state index in [-0.39, 0.29) is 0 Å². The minimum Gasteiger partial charge on any atom is -0.465 e. The van der Waals surface area contributed by atoms with Crippen LogP contribution < -0.4 is 11.1 Å². The van der Waals surface area contributed by atoms with Crippen molar-refractivity contribution < 1.29 is 9.53 Å². The first-order valence-electron chi connectivity index (χ1n) is 7.34. The Morgan fingerprint density at radius 3 is 2.85 bits per heavy atom. The second-order valence-corrected chi connectivity index (χ2v) is 5.66. The van der Waals surface area contributed by atoms with Gasteiger partial charge in [-0.15, -0.1) is 0 Å². The number of hydrogen-bond acceptors (Lipinski definition) is 4. The Kier molecular flexibility index (Phi) is 4.88.